The van der Waals surface area contributed by atoms with Crippen LogP contribution in [-0.2, 0) is 16.1 Å². The van der Waals surface area contributed by atoms with Crippen molar-refractivity contribution in [1.29, 1.82) is 0 Å². The van der Waals surface area contributed by atoms with Gasteiger partial charge in [-0.05, 0) is 29.8 Å². The Labute approximate surface area is 161 Å². The number of anilines is 1. The van der Waals surface area contributed by atoms with E-state index in [2.05, 4.69) is 0 Å². The second-order valence-corrected chi connectivity index (χ2v) is 6.37. The number of carbonyl (C=O) groups excluding carboxylic acids is 2. The van der Waals surface area contributed by atoms with E-state index in [-0.39, 0.29) is 27.2 Å². The van der Waals surface area contributed by atoms with Crippen LogP contribution in [0.3, 0.4) is 0 Å². The van der Waals surface area contributed by atoms with Crippen molar-refractivity contribution in [3.05, 3.63) is 57.6 Å². The van der Waals surface area contributed by atoms with Crippen LogP contribution in [0.5, 0.6) is 5.75 Å². The van der Waals surface area contributed by atoms with Crippen LogP contribution in [0.25, 0.3) is 0 Å². The fraction of sp³-hybridized carbons (Fsp3) is 0.222. The zero-order valence-corrected chi connectivity index (χ0v) is 15.8. The van der Waals surface area contributed by atoms with Gasteiger partial charge in [-0.15, -0.1) is 0 Å². The summed E-state index contributed by atoms with van der Waals surface area (Å²) in [6, 6.07) is 10.1. The number of amides is 1. The molecule has 1 amide bonds. The maximum atomic E-state index is 12.2. The van der Waals surface area contributed by atoms with Gasteiger partial charge < -0.3 is 20.1 Å². The van der Waals surface area contributed by atoms with Crippen molar-refractivity contribution in [1.82, 2.24) is 4.90 Å². The number of nitrogen functional groups attached to an aromatic ring is 1. The average Bonchev–Trinajstić information content (AvgIpc) is 2.62. The molecule has 0 saturated heterocycles. The third-order valence-corrected chi connectivity index (χ3v) is 4.18. The molecule has 0 bridgehead atoms. The van der Waals surface area contributed by atoms with E-state index in [4.69, 9.17) is 38.4 Å². The third kappa shape index (κ3) is 5.03. The molecule has 2 N–H and O–H groups in total. The Morgan fingerprint density at radius 3 is 2.42 bits per heavy atom. The van der Waals surface area contributed by atoms with E-state index in [9.17, 15) is 9.59 Å². The van der Waals surface area contributed by atoms with Gasteiger partial charge in [0.25, 0.3) is 5.91 Å². The molecule has 26 heavy (non-hydrogen) atoms. The van der Waals surface area contributed by atoms with Crippen LogP contribution in [-0.4, -0.2) is 37.5 Å². The number of hydrogen-bond donors (Lipinski definition) is 1. The van der Waals surface area contributed by atoms with Crippen molar-refractivity contribution in [2.24, 2.45) is 0 Å². The van der Waals surface area contributed by atoms with Gasteiger partial charge in [-0.1, -0.05) is 35.3 Å². The molecule has 0 fully saturated rings. The van der Waals surface area contributed by atoms with E-state index in [0.717, 1.165) is 11.3 Å². The van der Waals surface area contributed by atoms with E-state index in [1.807, 2.05) is 12.1 Å². The summed E-state index contributed by atoms with van der Waals surface area (Å²) in [6.45, 7) is -0.0550. The van der Waals surface area contributed by atoms with Crippen LogP contribution in [0, 0.1) is 0 Å². The second kappa shape index (κ2) is 8.78. The Morgan fingerprint density at radius 1 is 1.15 bits per heavy atom. The second-order valence-electron chi connectivity index (χ2n) is 5.52. The molecule has 0 saturated carbocycles. The number of nitrogens with zero attached hydrogens (tertiary/aromatic N) is 1. The largest absolute Gasteiger partial charge is 0.497 e. The molecule has 0 radical (unpaired) electrons. The summed E-state index contributed by atoms with van der Waals surface area (Å²) in [7, 11) is 3.20. The van der Waals surface area contributed by atoms with Crippen molar-refractivity contribution < 1.29 is 19.1 Å². The van der Waals surface area contributed by atoms with Gasteiger partial charge in [0, 0.05) is 18.6 Å². The fourth-order valence-electron chi connectivity index (χ4n) is 2.16. The highest BCUT2D eigenvalue weighted by Crippen LogP contribution is 2.28. The van der Waals surface area contributed by atoms with E-state index < -0.39 is 12.6 Å². The predicted molar refractivity (Wildman–Crippen MR) is 101 cm³/mol. The number of ether oxygens (including phenoxy) is 2. The fourth-order valence-corrected chi connectivity index (χ4v) is 2.66. The zero-order chi connectivity index (χ0) is 19.3. The maximum Gasteiger partial charge on any atom is 0.340 e. The molecule has 0 unspecified atom stereocenters. The minimum absolute atomic E-state index is 0.0214. The number of hydrogen-bond acceptors (Lipinski definition) is 5. The first-order valence-electron chi connectivity index (χ1n) is 7.60. The highest BCUT2D eigenvalue weighted by Gasteiger charge is 2.18. The van der Waals surface area contributed by atoms with E-state index >= 15 is 0 Å². The number of methoxy groups -OCH3 is 1. The van der Waals surface area contributed by atoms with Gasteiger partial charge >= 0.3 is 5.97 Å². The summed E-state index contributed by atoms with van der Waals surface area (Å²) in [4.78, 5) is 25.7. The molecule has 0 aliphatic rings. The molecule has 2 aromatic rings. The number of likely N-dealkylation sites (N-methyl/N-ethyl adjacent to an activating group) is 1. The van der Waals surface area contributed by atoms with Gasteiger partial charge in [0.2, 0.25) is 0 Å². The van der Waals surface area contributed by atoms with Crippen molar-refractivity contribution in [2.45, 2.75) is 6.54 Å². The van der Waals surface area contributed by atoms with Crippen molar-refractivity contribution in [3.63, 3.8) is 0 Å². The van der Waals surface area contributed by atoms with Crippen molar-refractivity contribution in [3.8, 4) is 5.75 Å². The number of rotatable bonds is 6. The molecule has 0 aromatic heterocycles. The highest BCUT2D eigenvalue weighted by molar-refractivity contribution is 6.37. The molecule has 2 aromatic carbocycles. The number of benzene rings is 2. The van der Waals surface area contributed by atoms with E-state index in [1.165, 1.54) is 17.0 Å². The number of halogens is 2. The summed E-state index contributed by atoms with van der Waals surface area (Å²) < 4.78 is 10.1. The van der Waals surface area contributed by atoms with Gasteiger partial charge in [0.1, 0.15) is 5.75 Å². The lowest BCUT2D eigenvalue weighted by Crippen LogP contribution is -2.30. The molecule has 8 heteroatoms. The monoisotopic (exact) mass is 396 g/mol. The van der Waals surface area contributed by atoms with Gasteiger partial charge in [-0.3, -0.25) is 4.79 Å². The number of nitrogens with two attached hydrogens (primary N) is 1. The molecule has 0 aliphatic carbocycles. The lowest BCUT2D eigenvalue weighted by molar-refractivity contribution is -0.133. The molecule has 6 nitrogen and oxygen atoms in total. The number of esters is 1. The quantitative estimate of drug-likeness (QED) is 0.597. The van der Waals surface area contributed by atoms with Crippen molar-refractivity contribution >= 4 is 40.8 Å². The van der Waals surface area contributed by atoms with Gasteiger partial charge in [0.05, 0.1) is 23.4 Å². The average molecular weight is 397 g/mol. The lowest BCUT2D eigenvalue weighted by atomic mass is 10.2. The lowest BCUT2D eigenvalue weighted by Gasteiger charge is -2.17. The Morgan fingerprint density at radius 2 is 1.81 bits per heavy atom. The Bertz CT molecular complexity index is 810. The smallest absolute Gasteiger partial charge is 0.340 e. The van der Waals surface area contributed by atoms with E-state index in [0.29, 0.717) is 6.54 Å². The summed E-state index contributed by atoms with van der Waals surface area (Å²) >= 11 is 11.7. The first kappa shape index (κ1) is 19.9. The normalized spacial score (nSPS) is 10.3. The van der Waals surface area contributed by atoms with Gasteiger partial charge in [0.15, 0.2) is 6.61 Å². The van der Waals surface area contributed by atoms with Crippen LogP contribution in [0.15, 0.2) is 36.4 Å². The Balaban J connectivity index is 1.93. The summed E-state index contributed by atoms with van der Waals surface area (Å²) in [5, 5.41) is 0.395. The minimum atomic E-state index is -0.766. The molecule has 138 valence electrons. The molecular formula is C18H18Cl2N2O4. The third-order valence-electron chi connectivity index (χ3n) is 3.65. The molecular weight excluding hydrogens is 379 g/mol. The standard InChI is InChI=1S/C18H18Cl2N2O4/c1-22(9-11-3-5-13(25-2)6-4-11)16(23)10-26-18(24)14-7-12(19)8-15(20)17(14)21/h3-8H,9-10,21H2,1-2H3. The van der Waals surface area contributed by atoms with Gasteiger partial charge in [-0.25, -0.2) is 4.79 Å². The Hall–Kier alpha value is -2.44. The van der Waals surface area contributed by atoms with Crippen LogP contribution < -0.4 is 10.5 Å². The summed E-state index contributed by atoms with van der Waals surface area (Å²) in [5.41, 5.74) is 6.74. The molecule has 2 rings (SSSR count). The predicted octanol–water partition coefficient (Wildman–Crippen LogP) is 3.40. The molecule has 0 spiro atoms. The van der Waals surface area contributed by atoms with Gasteiger partial charge in [-0.2, -0.15) is 0 Å². The van der Waals surface area contributed by atoms with Crippen LogP contribution in [0.1, 0.15) is 15.9 Å². The SMILES string of the molecule is COc1ccc(CN(C)C(=O)COC(=O)c2cc(Cl)cc(Cl)c2N)cc1. The summed E-state index contributed by atoms with van der Waals surface area (Å²) in [5.74, 6) is -0.395. The molecule has 0 aliphatic heterocycles. The molecule has 0 atom stereocenters. The summed E-state index contributed by atoms with van der Waals surface area (Å²) in [6.07, 6.45) is 0. The van der Waals surface area contributed by atoms with Crippen LogP contribution in [0.2, 0.25) is 10.0 Å². The van der Waals surface area contributed by atoms with E-state index in [1.54, 1.807) is 26.3 Å². The highest BCUT2D eigenvalue weighted by atomic mass is 35.5. The molecule has 0 heterocycles. The first-order chi connectivity index (χ1) is 12.3. The minimum Gasteiger partial charge on any atom is -0.497 e. The van der Waals surface area contributed by atoms with Crippen molar-refractivity contribution in [2.75, 3.05) is 26.5 Å². The number of carbonyl (C=O) groups is 2. The Kier molecular flexibility index (Phi) is 6.71. The zero-order valence-electron chi connectivity index (χ0n) is 14.3. The van der Waals surface area contributed by atoms with Crippen LogP contribution in [0.4, 0.5) is 5.69 Å². The van der Waals surface area contributed by atoms with Crippen LogP contribution >= 0.6 is 23.2 Å². The topological polar surface area (TPSA) is 81.9 Å². The first-order valence-corrected chi connectivity index (χ1v) is 8.36. The maximum absolute atomic E-state index is 12.2.